The quantitative estimate of drug-likeness (QED) is 0.476. The molecule has 0 spiro atoms. The average Bonchev–Trinajstić information content (AvgIpc) is 1.87. The molecule has 0 aliphatic heterocycles. The van der Waals surface area contributed by atoms with Crippen LogP contribution in [0, 0.1) is 5.92 Å². The van der Waals surface area contributed by atoms with Crippen molar-refractivity contribution in [2.24, 2.45) is 5.92 Å². The van der Waals surface area contributed by atoms with Gasteiger partial charge in [0.25, 0.3) is 0 Å². The third kappa shape index (κ3) is 4.49. The molecular weight excluding hydrogens is 136 g/mol. The fourth-order valence-corrected chi connectivity index (χ4v) is 0.697. The van der Waals surface area contributed by atoms with Crippen molar-refractivity contribution in [2.75, 3.05) is 5.88 Å². The van der Waals surface area contributed by atoms with Gasteiger partial charge in [-0.05, 0) is 12.3 Å². The summed E-state index contributed by atoms with van der Waals surface area (Å²) in [5.74, 6) is 0.977. The van der Waals surface area contributed by atoms with E-state index in [4.69, 9.17) is 16.7 Å². The lowest BCUT2D eigenvalue weighted by Crippen LogP contribution is -2.08. The Hall–Kier alpha value is -0.0100. The summed E-state index contributed by atoms with van der Waals surface area (Å²) < 4.78 is 0. The van der Waals surface area contributed by atoms with Crippen LogP contribution in [-0.2, 0) is 0 Å². The predicted octanol–water partition coefficient (Wildman–Crippen LogP) is 1.80. The molecule has 0 aromatic rings. The van der Waals surface area contributed by atoms with Gasteiger partial charge in [0.2, 0.25) is 0 Å². The fraction of sp³-hybridized carbons (Fsp3) is 0.714. The highest BCUT2D eigenvalue weighted by molar-refractivity contribution is 6.18. The molecular formula is C7H13ClO. The summed E-state index contributed by atoms with van der Waals surface area (Å²) in [6, 6.07) is 0. The van der Waals surface area contributed by atoms with Crippen LogP contribution in [0.4, 0.5) is 0 Å². The Bertz CT molecular complexity index is 83.0. The Morgan fingerprint density at radius 3 is 2.67 bits per heavy atom. The molecule has 2 unspecified atom stereocenters. The Kier molecular flexibility index (Phi) is 4.83. The van der Waals surface area contributed by atoms with Crippen LogP contribution in [0.25, 0.3) is 0 Å². The maximum atomic E-state index is 8.98. The van der Waals surface area contributed by atoms with Gasteiger partial charge in [0, 0.05) is 5.88 Å². The molecule has 0 rings (SSSR count). The molecule has 54 valence electrons. The molecule has 2 atom stereocenters. The standard InChI is InChI=1S/C7H13ClO/c1-3-7(9)4-6(2)5-8/h3,6-7,9H,1,4-5H2,2H3. The summed E-state index contributed by atoms with van der Waals surface area (Å²) in [5, 5.41) is 8.98. The van der Waals surface area contributed by atoms with Crippen LogP contribution in [0.15, 0.2) is 12.7 Å². The molecule has 0 saturated carbocycles. The van der Waals surface area contributed by atoms with E-state index in [1.807, 2.05) is 6.92 Å². The molecule has 2 heteroatoms. The molecule has 0 saturated heterocycles. The minimum Gasteiger partial charge on any atom is -0.389 e. The van der Waals surface area contributed by atoms with E-state index < -0.39 is 6.10 Å². The molecule has 0 heterocycles. The topological polar surface area (TPSA) is 20.2 Å². The molecule has 1 N–H and O–H groups in total. The average molecular weight is 149 g/mol. The zero-order chi connectivity index (χ0) is 7.28. The molecule has 0 aromatic carbocycles. The Morgan fingerprint density at radius 2 is 2.33 bits per heavy atom. The lowest BCUT2D eigenvalue weighted by Gasteiger charge is -2.08. The number of aliphatic hydroxyl groups is 1. The Morgan fingerprint density at radius 1 is 1.78 bits per heavy atom. The molecule has 0 fully saturated rings. The third-order valence-corrected chi connectivity index (χ3v) is 1.71. The molecule has 0 aliphatic carbocycles. The van der Waals surface area contributed by atoms with E-state index >= 15 is 0 Å². The van der Waals surface area contributed by atoms with Gasteiger partial charge in [0.1, 0.15) is 0 Å². The van der Waals surface area contributed by atoms with Crippen molar-refractivity contribution in [1.82, 2.24) is 0 Å². The highest BCUT2D eigenvalue weighted by Crippen LogP contribution is 2.07. The smallest absolute Gasteiger partial charge is 0.0721 e. The molecule has 0 radical (unpaired) electrons. The number of hydrogen-bond donors (Lipinski definition) is 1. The van der Waals surface area contributed by atoms with E-state index in [0.29, 0.717) is 18.2 Å². The Labute approximate surface area is 61.3 Å². The van der Waals surface area contributed by atoms with Gasteiger partial charge in [-0.25, -0.2) is 0 Å². The number of hydrogen-bond acceptors (Lipinski definition) is 1. The van der Waals surface area contributed by atoms with Crippen LogP contribution in [0.2, 0.25) is 0 Å². The Balaban J connectivity index is 3.33. The second kappa shape index (κ2) is 4.83. The van der Waals surface area contributed by atoms with Crippen LogP contribution < -0.4 is 0 Å². The summed E-state index contributed by atoms with van der Waals surface area (Å²) in [5.41, 5.74) is 0. The van der Waals surface area contributed by atoms with E-state index in [9.17, 15) is 0 Å². The van der Waals surface area contributed by atoms with Gasteiger partial charge in [-0.15, -0.1) is 18.2 Å². The summed E-state index contributed by atoms with van der Waals surface area (Å²) in [6.07, 6.45) is 1.86. The van der Waals surface area contributed by atoms with E-state index in [2.05, 4.69) is 6.58 Å². The van der Waals surface area contributed by atoms with Crippen LogP contribution in [-0.4, -0.2) is 17.1 Å². The number of alkyl halides is 1. The lowest BCUT2D eigenvalue weighted by molar-refractivity contribution is 0.196. The van der Waals surface area contributed by atoms with Crippen molar-refractivity contribution in [1.29, 1.82) is 0 Å². The molecule has 0 bridgehead atoms. The minimum atomic E-state index is -0.390. The molecule has 0 aromatic heterocycles. The summed E-state index contributed by atoms with van der Waals surface area (Å²) in [6.45, 7) is 5.45. The van der Waals surface area contributed by atoms with Gasteiger partial charge in [-0.3, -0.25) is 0 Å². The third-order valence-electron chi connectivity index (χ3n) is 1.18. The van der Waals surface area contributed by atoms with Crippen molar-refractivity contribution in [2.45, 2.75) is 19.4 Å². The molecule has 0 amide bonds. The lowest BCUT2D eigenvalue weighted by atomic mass is 10.1. The van der Waals surface area contributed by atoms with Crippen LogP contribution >= 0.6 is 11.6 Å². The monoisotopic (exact) mass is 148 g/mol. The minimum absolute atomic E-state index is 0.375. The maximum Gasteiger partial charge on any atom is 0.0721 e. The second-order valence-corrected chi connectivity index (χ2v) is 2.61. The first kappa shape index (κ1) is 8.99. The van der Waals surface area contributed by atoms with Gasteiger partial charge in [0.05, 0.1) is 6.10 Å². The fourth-order valence-electron chi connectivity index (χ4n) is 0.571. The van der Waals surface area contributed by atoms with Gasteiger partial charge < -0.3 is 5.11 Å². The first-order chi connectivity index (χ1) is 4.20. The van der Waals surface area contributed by atoms with Gasteiger partial charge >= 0.3 is 0 Å². The van der Waals surface area contributed by atoms with E-state index in [0.717, 1.165) is 0 Å². The van der Waals surface area contributed by atoms with Crippen molar-refractivity contribution in [3.05, 3.63) is 12.7 Å². The highest BCUT2D eigenvalue weighted by atomic mass is 35.5. The first-order valence-corrected chi connectivity index (χ1v) is 3.60. The first-order valence-electron chi connectivity index (χ1n) is 3.07. The zero-order valence-corrected chi connectivity index (χ0v) is 6.43. The summed E-state index contributed by atoms with van der Waals surface area (Å²) >= 11 is 5.51. The SMILES string of the molecule is C=CC(O)CC(C)CCl. The maximum absolute atomic E-state index is 8.98. The van der Waals surface area contributed by atoms with Crippen molar-refractivity contribution in [3.8, 4) is 0 Å². The molecule has 9 heavy (non-hydrogen) atoms. The van der Waals surface area contributed by atoms with E-state index in [1.54, 1.807) is 0 Å². The zero-order valence-electron chi connectivity index (χ0n) is 5.68. The second-order valence-electron chi connectivity index (χ2n) is 2.30. The van der Waals surface area contributed by atoms with Crippen molar-refractivity contribution in [3.63, 3.8) is 0 Å². The van der Waals surface area contributed by atoms with Crippen molar-refractivity contribution >= 4 is 11.6 Å². The number of halogens is 1. The highest BCUT2D eigenvalue weighted by Gasteiger charge is 2.04. The normalized spacial score (nSPS) is 16.8. The van der Waals surface area contributed by atoms with E-state index in [-0.39, 0.29) is 0 Å². The summed E-state index contributed by atoms with van der Waals surface area (Å²) in [4.78, 5) is 0. The number of rotatable bonds is 4. The van der Waals surface area contributed by atoms with Crippen LogP contribution in [0.5, 0.6) is 0 Å². The number of aliphatic hydroxyl groups excluding tert-OH is 1. The molecule has 1 nitrogen and oxygen atoms in total. The predicted molar refractivity (Wildman–Crippen MR) is 40.7 cm³/mol. The largest absolute Gasteiger partial charge is 0.389 e. The van der Waals surface area contributed by atoms with Crippen LogP contribution in [0.1, 0.15) is 13.3 Å². The summed E-state index contributed by atoms with van der Waals surface area (Å²) in [7, 11) is 0. The van der Waals surface area contributed by atoms with Gasteiger partial charge in [-0.1, -0.05) is 13.0 Å². The van der Waals surface area contributed by atoms with Gasteiger partial charge in [0.15, 0.2) is 0 Å². The molecule has 0 aliphatic rings. The van der Waals surface area contributed by atoms with Crippen molar-refractivity contribution < 1.29 is 5.11 Å². The van der Waals surface area contributed by atoms with Gasteiger partial charge in [-0.2, -0.15) is 0 Å². The van der Waals surface area contributed by atoms with Crippen LogP contribution in [0.3, 0.4) is 0 Å². The van der Waals surface area contributed by atoms with E-state index in [1.165, 1.54) is 6.08 Å².